The van der Waals surface area contributed by atoms with Gasteiger partial charge in [0.05, 0.1) is 11.9 Å². The first-order chi connectivity index (χ1) is 11.0. The Morgan fingerprint density at radius 3 is 2.48 bits per heavy atom. The molecule has 3 rings (SSSR count). The fraction of sp³-hybridized carbons (Fsp3) is 0.357. The van der Waals surface area contributed by atoms with Crippen LogP contribution in [-0.2, 0) is 0 Å². The molecule has 9 nitrogen and oxygen atoms in total. The third kappa shape index (κ3) is 3.12. The van der Waals surface area contributed by atoms with E-state index in [-0.39, 0.29) is 11.7 Å². The average Bonchev–Trinajstić information content (AvgIpc) is 3.04. The summed E-state index contributed by atoms with van der Waals surface area (Å²) < 4.78 is 5.92. The second-order valence-corrected chi connectivity index (χ2v) is 5.35. The van der Waals surface area contributed by atoms with Crippen LogP contribution in [0.2, 0.25) is 0 Å². The maximum absolute atomic E-state index is 5.92. The lowest BCUT2D eigenvalue weighted by Gasteiger charge is -2.15. The molecule has 0 fully saturated rings. The van der Waals surface area contributed by atoms with Gasteiger partial charge in [-0.15, -0.1) is 10.2 Å². The molecule has 1 aliphatic rings. The summed E-state index contributed by atoms with van der Waals surface area (Å²) in [4.78, 5) is 12.6. The van der Waals surface area contributed by atoms with Gasteiger partial charge in [-0.25, -0.2) is 9.97 Å². The number of pyridine rings is 1. The van der Waals surface area contributed by atoms with Crippen molar-refractivity contribution in [3.8, 4) is 11.5 Å². The minimum absolute atomic E-state index is 0.214. The van der Waals surface area contributed by atoms with Gasteiger partial charge in [0.1, 0.15) is 11.6 Å². The van der Waals surface area contributed by atoms with Gasteiger partial charge in [-0.3, -0.25) is 4.98 Å². The average molecular weight is 312 g/mol. The van der Waals surface area contributed by atoms with E-state index in [1.165, 1.54) is 0 Å². The number of hydrogen-bond donors (Lipinski definition) is 1. The van der Waals surface area contributed by atoms with Gasteiger partial charge in [-0.1, -0.05) is 13.8 Å². The van der Waals surface area contributed by atoms with Crippen LogP contribution in [0.5, 0.6) is 11.5 Å². The molecule has 3 heterocycles. The molecule has 0 atom stereocenters. The van der Waals surface area contributed by atoms with Crippen molar-refractivity contribution in [3.05, 3.63) is 35.5 Å². The van der Waals surface area contributed by atoms with E-state index in [1.54, 1.807) is 25.4 Å². The number of aryl methyl sites for hydroxylation is 1. The molecule has 0 amide bonds. The Balaban J connectivity index is 1.99. The predicted molar refractivity (Wildman–Crippen MR) is 82.0 cm³/mol. The van der Waals surface area contributed by atoms with Crippen LogP contribution in [0.15, 0.2) is 39.1 Å². The highest BCUT2D eigenvalue weighted by Crippen LogP contribution is 2.34. The van der Waals surface area contributed by atoms with E-state index < -0.39 is 6.17 Å². The van der Waals surface area contributed by atoms with E-state index >= 15 is 0 Å². The van der Waals surface area contributed by atoms with Crippen molar-refractivity contribution in [1.82, 2.24) is 15.0 Å². The molecular weight excluding hydrogens is 296 g/mol. The number of rotatable bonds is 4. The third-order valence-electron chi connectivity index (χ3n) is 3.29. The molecule has 0 saturated carbocycles. The van der Waals surface area contributed by atoms with Gasteiger partial charge in [0.15, 0.2) is 11.6 Å². The zero-order valence-electron chi connectivity index (χ0n) is 13.0. The van der Waals surface area contributed by atoms with Gasteiger partial charge >= 0.3 is 0 Å². The normalized spacial score (nSPS) is 13.9. The van der Waals surface area contributed by atoms with E-state index in [1.807, 2.05) is 13.8 Å². The summed E-state index contributed by atoms with van der Waals surface area (Å²) in [7, 11) is 0. The van der Waals surface area contributed by atoms with Gasteiger partial charge in [0.25, 0.3) is 0 Å². The fourth-order valence-corrected chi connectivity index (χ4v) is 2.08. The van der Waals surface area contributed by atoms with Crippen LogP contribution in [0.3, 0.4) is 0 Å². The summed E-state index contributed by atoms with van der Waals surface area (Å²) in [6.45, 7) is 5.86. The smallest absolute Gasteiger partial charge is 0.227 e. The van der Waals surface area contributed by atoms with Gasteiger partial charge < -0.3 is 10.5 Å². The zero-order valence-corrected chi connectivity index (χ0v) is 13.0. The Labute approximate surface area is 132 Å². The molecule has 0 spiro atoms. The highest BCUT2D eigenvalue weighted by atomic mass is 16.5. The lowest BCUT2D eigenvalue weighted by Crippen LogP contribution is -2.03. The number of nitrogens with zero attached hydrogens (tertiary/aromatic N) is 7. The molecule has 9 heteroatoms. The van der Waals surface area contributed by atoms with Gasteiger partial charge in [-0.05, 0) is 23.3 Å². The summed E-state index contributed by atoms with van der Waals surface area (Å²) in [5.41, 5.74) is 7.43. The molecule has 0 radical (unpaired) electrons. The maximum Gasteiger partial charge on any atom is 0.227 e. The second-order valence-electron chi connectivity index (χ2n) is 5.35. The molecular formula is C14H16N8O. The maximum atomic E-state index is 5.92. The van der Waals surface area contributed by atoms with E-state index in [9.17, 15) is 0 Å². The minimum atomic E-state index is -0.537. The van der Waals surface area contributed by atoms with Gasteiger partial charge in [0.2, 0.25) is 6.17 Å². The van der Waals surface area contributed by atoms with Crippen molar-refractivity contribution in [1.29, 1.82) is 0 Å². The lowest BCUT2D eigenvalue weighted by molar-refractivity contribution is 0.467. The van der Waals surface area contributed by atoms with Crippen molar-refractivity contribution >= 4 is 5.82 Å². The van der Waals surface area contributed by atoms with Crippen LogP contribution in [0.1, 0.15) is 43.0 Å². The molecule has 0 aromatic carbocycles. The van der Waals surface area contributed by atoms with Crippen LogP contribution < -0.4 is 10.5 Å². The Hall–Kier alpha value is -2.97. The molecule has 2 aromatic heterocycles. The van der Waals surface area contributed by atoms with Crippen molar-refractivity contribution < 1.29 is 4.74 Å². The number of ether oxygens (including phenoxy) is 1. The summed E-state index contributed by atoms with van der Waals surface area (Å²) in [5, 5.41) is 14.8. The van der Waals surface area contributed by atoms with Crippen molar-refractivity contribution in [2.24, 2.45) is 20.7 Å². The summed E-state index contributed by atoms with van der Waals surface area (Å²) in [6, 6.07) is 1.77. The summed E-state index contributed by atoms with van der Waals surface area (Å²) in [6.07, 6.45) is 2.76. The molecule has 2 aromatic rings. The summed E-state index contributed by atoms with van der Waals surface area (Å²) in [5.74, 6) is 2.09. The summed E-state index contributed by atoms with van der Waals surface area (Å²) >= 11 is 0. The molecule has 118 valence electrons. The number of aromatic nitrogens is 3. The van der Waals surface area contributed by atoms with Gasteiger partial charge in [-0.2, -0.15) is 0 Å². The Bertz CT molecular complexity index is 774. The monoisotopic (exact) mass is 312 g/mol. The van der Waals surface area contributed by atoms with E-state index in [0.29, 0.717) is 23.0 Å². The van der Waals surface area contributed by atoms with E-state index in [2.05, 4.69) is 35.6 Å². The second kappa shape index (κ2) is 6.03. The third-order valence-corrected chi connectivity index (χ3v) is 3.29. The predicted octanol–water partition coefficient (Wildman–Crippen LogP) is 3.51. The van der Waals surface area contributed by atoms with Crippen molar-refractivity contribution in [2.45, 2.75) is 32.9 Å². The van der Waals surface area contributed by atoms with Crippen LogP contribution in [-0.4, -0.2) is 15.0 Å². The molecule has 23 heavy (non-hydrogen) atoms. The number of nitrogen functional groups attached to an aromatic ring is 1. The standard InChI is InChI=1S/C14H16N8O/c1-7(2)9-5-17-10(14-19-21-22-20-14)4-11(9)23-12-6-16-8(3)18-13(12)15/h4-7,14H,1-3H3,(H2,15,16,18). The van der Waals surface area contributed by atoms with Gasteiger partial charge in [0, 0.05) is 17.8 Å². The molecule has 0 aliphatic carbocycles. The number of hydrogen-bond acceptors (Lipinski definition) is 9. The van der Waals surface area contributed by atoms with E-state index in [0.717, 1.165) is 5.56 Å². The topological polar surface area (TPSA) is 123 Å². The number of anilines is 1. The van der Waals surface area contributed by atoms with Crippen LogP contribution in [0, 0.1) is 6.92 Å². The molecule has 1 aliphatic heterocycles. The molecule has 0 bridgehead atoms. The Kier molecular flexibility index (Phi) is 3.92. The molecule has 2 N–H and O–H groups in total. The highest BCUT2D eigenvalue weighted by Gasteiger charge is 2.19. The Morgan fingerprint density at radius 1 is 1.09 bits per heavy atom. The van der Waals surface area contributed by atoms with E-state index in [4.69, 9.17) is 10.5 Å². The zero-order chi connectivity index (χ0) is 16.4. The largest absolute Gasteiger partial charge is 0.451 e. The SMILES string of the molecule is Cc1ncc(Oc2cc(C3N=NN=N3)ncc2C(C)C)c(N)n1. The first-order valence-corrected chi connectivity index (χ1v) is 7.11. The molecule has 0 unspecified atom stereocenters. The first-order valence-electron chi connectivity index (χ1n) is 7.11. The lowest BCUT2D eigenvalue weighted by atomic mass is 10.0. The Morgan fingerprint density at radius 2 is 1.83 bits per heavy atom. The van der Waals surface area contributed by atoms with Crippen LogP contribution >= 0.6 is 0 Å². The molecule has 0 saturated heterocycles. The van der Waals surface area contributed by atoms with Crippen LogP contribution in [0.4, 0.5) is 5.82 Å². The van der Waals surface area contributed by atoms with Crippen LogP contribution in [0.25, 0.3) is 0 Å². The minimum Gasteiger partial charge on any atom is -0.451 e. The quantitative estimate of drug-likeness (QED) is 0.925. The van der Waals surface area contributed by atoms with Crippen molar-refractivity contribution in [2.75, 3.05) is 5.73 Å². The first kappa shape index (κ1) is 14.9. The number of nitrogens with two attached hydrogens (primary N) is 1. The van der Waals surface area contributed by atoms with Crippen molar-refractivity contribution in [3.63, 3.8) is 0 Å². The highest BCUT2D eigenvalue weighted by molar-refractivity contribution is 5.48. The fourth-order valence-electron chi connectivity index (χ4n) is 2.08.